The summed E-state index contributed by atoms with van der Waals surface area (Å²) >= 11 is 6.02. The average molecular weight is 253 g/mol. The van der Waals surface area contributed by atoms with Gasteiger partial charge in [-0.2, -0.15) is 0 Å². The summed E-state index contributed by atoms with van der Waals surface area (Å²) in [5.74, 6) is 1.21. The van der Waals surface area contributed by atoms with Crippen molar-refractivity contribution in [3.8, 4) is 5.75 Å². The Bertz CT molecular complexity index is 414. The Morgan fingerprint density at radius 3 is 2.76 bits per heavy atom. The van der Waals surface area contributed by atoms with Crippen molar-refractivity contribution in [1.29, 1.82) is 5.41 Å². The molecule has 0 bridgehead atoms. The van der Waals surface area contributed by atoms with E-state index in [0.717, 1.165) is 0 Å². The highest BCUT2D eigenvalue weighted by Crippen LogP contribution is 2.29. The molecule has 17 heavy (non-hydrogen) atoms. The number of nitrogens with one attached hydrogen (secondary N) is 1. The van der Waals surface area contributed by atoms with Crippen LogP contribution in [0.2, 0.25) is 5.02 Å². The molecule has 0 aromatic heterocycles. The number of ether oxygens (including phenoxy) is 1. The number of nitrogens with two attached hydrogens (primary N) is 1. The molecule has 2 rings (SSSR count). The molecule has 0 heterocycles. The quantitative estimate of drug-likeness (QED) is 0.639. The molecule has 0 atom stereocenters. The van der Waals surface area contributed by atoms with E-state index in [1.807, 2.05) is 12.1 Å². The number of rotatable bonds is 4. The molecule has 1 fully saturated rings. The first-order valence-electron chi connectivity index (χ1n) is 5.94. The fraction of sp³-hybridized carbons (Fsp3) is 0.462. The van der Waals surface area contributed by atoms with Crippen LogP contribution in [0.5, 0.6) is 5.75 Å². The van der Waals surface area contributed by atoms with E-state index < -0.39 is 0 Å². The molecular formula is C13H17ClN2O. The van der Waals surface area contributed by atoms with Crippen LogP contribution in [-0.2, 0) is 0 Å². The van der Waals surface area contributed by atoms with E-state index in [-0.39, 0.29) is 5.84 Å². The van der Waals surface area contributed by atoms with Crippen molar-refractivity contribution >= 4 is 17.4 Å². The standard InChI is InChI=1S/C13H17ClN2O/c14-10-6-3-7-11(12(10)13(15)16)17-8-9-4-1-2-5-9/h3,6-7,9H,1-2,4-5,8H2,(H3,15,16). The largest absolute Gasteiger partial charge is 0.492 e. The minimum Gasteiger partial charge on any atom is -0.492 e. The molecule has 1 aromatic rings. The van der Waals surface area contributed by atoms with Crippen molar-refractivity contribution in [2.75, 3.05) is 6.61 Å². The van der Waals surface area contributed by atoms with Gasteiger partial charge in [0.25, 0.3) is 0 Å². The van der Waals surface area contributed by atoms with Crippen molar-refractivity contribution in [1.82, 2.24) is 0 Å². The monoisotopic (exact) mass is 252 g/mol. The molecule has 3 nitrogen and oxygen atoms in total. The maximum absolute atomic E-state index is 7.52. The lowest BCUT2D eigenvalue weighted by Crippen LogP contribution is -2.16. The first kappa shape index (κ1) is 12.2. The SMILES string of the molecule is N=C(N)c1c(Cl)cccc1OCC1CCCC1. The summed E-state index contributed by atoms with van der Waals surface area (Å²) in [6.07, 6.45) is 5.05. The van der Waals surface area contributed by atoms with E-state index in [2.05, 4.69) is 0 Å². The molecule has 92 valence electrons. The fourth-order valence-electron chi connectivity index (χ4n) is 2.27. The highest BCUT2D eigenvalue weighted by Gasteiger charge is 2.17. The summed E-state index contributed by atoms with van der Waals surface area (Å²) in [5, 5.41) is 7.99. The summed E-state index contributed by atoms with van der Waals surface area (Å²) in [4.78, 5) is 0. The van der Waals surface area contributed by atoms with Crippen molar-refractivity contribution in [3.05, 3.63) is 28.8 Å². The zero-order chi connectivity index (χ0) is 12.3. The minimum atomic E-state index is -0.0444. The highest BCUT2D eigenvalue weighted by molar-refractivity contribution is 6.34. The Balaban J connectivity index is 2.09. The number of hydrogen-bond acceptors (Lipinski definition) is 2. The lowest BCUT2D eigenvalue weighted by Gasteiger charge is -2.14. The molecule has 3 N–H and O–H groups in total. The highest BCUT2D eigenvalue weighted by atomic mass is 35.5. The van der Waals surface area contributed by atoms with Gasteiger partial charge in [0, 0.05) is 0 Å². The third-order valence-electron chi connectivity index (χ3n) is 3.19. The van der Waals surface area contributed by atoms with E-state index in [9.17, 15) is 0 Å². The summed E-state index contributed by atoms with van der Waals surface area (Å²) < 4.78 is 5.76. The normalized spacial score (nSPS) is 16.1. The van der Waals surface area contributed by atoms with Crippen LogP contribution in [0.1, 0.15) is 31.2 Å². The van der Waals surface area contributed by atoms with Crippen LogP contribution in [0.15, 0.2) is 18.2 Å². The van der Waals surface area contributed by atoms with Crippen molar-refractivity contribution in [3.63, 3.8) is 0 Å². The first-order chi connectivity index (χ1) is 8.18. The lowest BCUT2D eigenvalue weighted by atomic mass is 10.1. The van der Waals surface area contributed by atoms with Crippen LogP contribution >= 0.6 is 11.6 Å². The number of amidine groups is 1. The van der Waals surface area contributed by atoms with Gasteiger partial charge in [-0.1, -0.05) is 30.5 Å². The number of nitrogen functional groups attached to an aromatic ring is 1. The molecule has 4 heteroatoms. The molecule has 1 aliphatic carbocycles. The molecule has 0 unspecified atom stereocenters. The van der Waals surface area contributed by atoms with E-state index in [1.54, 1.807) is 6.07 Å². The second-order valence-electron chi connectivity index (χ2n) is 4.49. The average Bonchev–Trinajstić information content (AvgIpc) is 2.78. The van der Waals surface area contributed by atoms with Gasteiger partial charge in [0.15, 0.2) is 0 Å². The molecule has 1 aromatic carbocycles. The third kappa shape index (κ3) is 2.91. The summed E-state index contributed by atoms with van der Waals surface area (Å²) in [7, 11) is 0. The van der Waals surface area contributed by atoms with Crippen molar-refractivity contribution in [2.24, 2.45) is 11.7 Å². The topological polar surface area (TPSA) is 59.1 Å². The predicted octanol–water partition coefficient (Wildman–Crippen LogP) is 3.19. The number of benzene rings is 1. The van der Waals surface area contributed by atoms with Crippen molar-refractivity contribution < 1.29 is 4.74 Å². The second-order valence-corrected chi connectivity index (χ2v) is 4.90. The Labute approximate surface area is 106 Å². The van der Waals surface area contributed by atoms with Crippen LogP contribution in [0, 0.1) is 11.3 Å². The maximum Gasteiger partial charge on any atom is 0.131 e. The molecule has 0 aliphatic heterocycles. The molecule has 0 saturated heterocycles. The van der Waals surface area contributed by atoms with Gasteiger partial charge >= 0.3 is 0 Å². The molecule has 0 amide bonds. The first-order valence-corrected chi connectivity index (χ1v) is 6.32. The molecular weight excluding hydrogens is 236 g/mol. The summed E-state index contributed by atoms with van der Waals surface area (Å²) in [6.45, 7) is 0.695. The Morgan fingerprint density at radius 1 is 1.41 bits per heavy atom. The molecule has 1 aliphatic rings. The molecule has 1 saturated carbocycles. The zero-order valence-electron chi connectivity index (χ0n) is 9.71. The van der Waals surface area contributed by atoms with Gasteiger partial charge in [-0.15, -0.1) is 0 Å². The van der Waals surface area contributed by atoms with Gasteiger partial charge in [-0.25, -0.2) is 0 Å². The Morgan fingerprint density at radius 2 is 2.12 bits per heavy atom. The van der Waals surface area contributed by atoms with Gasteiger partial charge in [0.05, 0.1) is 17.2 Å². The van der Waals surface area contributed by atoms with Crippen molar-refractivity contribution in [2.45, 2.75) is 25.7 Å². The molecule has 0 radical (unpaired) electrons. The smallest absolute Gasteiger partial charge is 0.131 e. The maximum atomic E-state index is 7.52. The Hall–Kier alpha value is -1.22. The lowest BCUT2D eigenvalue weighted by molar-refractivity contribution is 0.252. The van der Waals surface area contributed by atoms with Gasteiger partial charge in [0.2, 0.25) is 0 Å². The summed E-state index contributed by atoms with van der Waals surface area (Å²) in [5.41, 5.74) is 6.02. The van der Waals surface area contributed by atoms with Crippen LogP contribution in [0.25, 0.3) is 0 Å². The van der Waals surface area contributed by atoms with E-state index in [0.29, 0.717) is 28.9 Å². The zero-order valence-corrected chi connectivity index (χ0v) is 10.5. The van der Waals surface area contributed by atoms with Gasteiger partial charge in [-0.3, -0.25) is 5.41 Å². The Kier molecular flexibility index (Phi) is 3.89. The van der Waals surface area contributed by atoms with Crippen LogP contribution in [0.4, 0.5) is 0 Å². The fourth-order valence-corrected chi connectivity index (χ4v) is 2.54. The molecule has 0 spiro atoms. The third-order valence-corrected chi connectivity index (χ3v) is 3.51. The number of halogens is 1. The van der Waals surface area contributed by atoms with Crippen LogP contribution in [-0.4, -0.2) is 12.4 Å². The predicted molar refractivity (Wildman–Crippen MR) is 69.9 cm³/mol. The van der Waals surface area contributed by atoms with E-state index in [4.69, 9.17) is 27.5 Å². The minimum absolute atomic E-state index is 0.0444. The summed E-state index contributed by atoms with van der Waals surface area (Å²) in [6, 6.07) is 5.36. The van der Waals surface area contributed by atoms with E-state index >= 15 is 0 Å². The number of hydrogen-bond donors (Lipinski definition) is 2. The van der Waals surface area contributed by atoms with Gasteiger partial charge < -0.3 is 10.5 Å². The van der Waals surface area contributed by atoms with Crippen LogP contribution in [0.3, 0.4) is 0 Å². The van der Waals surface area contributed by atoms with Gasteiger partial charge in [-0.05, 0) is 30.9 Å². The van der Waals surface area contributed by atoms with Crippen LogP contribution < -0.4 is 10.5 Å². The van der Waals surface area contributed by atoms with Gasteiger partial charge in [0.1, 0.15) is 11.6 Å². The van der Waals surface area contributed by atoms with E-state index in [1.165, 1.54) is 25.7 Å². The second kappa shape index (κ2) is 5.41.